The Bertz CT molecular complexity index is 706. The second-order valence-corrected chi connectivity index (χ2v) is 6.20. The molecule has 0 atom stereocenters. The van der Waals surface area contributed by atoms with E-state index in [-0.39, 0.29) is 6.61 Å². The highest BCUT2D eigenvalue weighted by Crippen LogP contribution is 2.25. The molecule has 3 rings (SSSR count). The lowest BCUT2D eigenvalue weighted by Gasteiger charge is -2.11. The standard InChI is InChI=1S/C18H19NO2S/c20-9-10-21-17-7-3-1-6-15(17)12-19-13-16-11-14-5-2-4-8-18(14)22-16/h1-8,11,19-20H,9-10,12-13H2. The summed E-state index contributed by atoms with van der Waals surface area (Å²) in [5.74, 6) is 0.834. The van der Waals surface area contributed by atoms with E-state index < -0.39 is 0 Å². The first kappa shape index (κ1) is 15.0. The molecule has 0 saturated carbocycles. The Labute approximate surface area is 134 Å². The minimum atomic E-state index is 0.0313. The molecular weight excluding hydrogens is 294 g/mol. The van der Waals surface area contributed by atoms with E-state index in [0.717, 1.165) is 24.4 Å². The average molecular weight is 313 g/mol. The van der Waals surface area contributed by atoms with Gasteiger partial charge in [0.05, 0.1) is 6.61 Å². The number of hydrogen-bond acceptors (Lipinski definition) is 4. The van der Waals surface area contributed by atoms with Crippen LogP contribution in [0.3, 0.4) is 0 Å². The summed E-state index contributed by atoms with van der Waals surface area (Å²) in [6.45, 7) is 1.94. The highest BCUT2D eigenvalue weighted by atomic mass is 32.1. The number of ether oxygens (including phenoxy) is 1. The first-order chi connectivity index (χ1) is 10.9. The first-order valence-corrected chi connectivity index (χ1v) is 8.18. The number of aliphatic hydroxyl groups is 1. The fraction of sp³-hybridized carbons (Fsp3) is 0.222. The molecule has 0 fully saturated rings. The molecule has 114 valence electrons. The summed E-state index contributed by atoms with van der Waals surface area (Å²) in [5, 5.41) is 13.6. The number of aliphatic hydroxyl groups excluding tert-OH is 1. The van der Waals surface area contributed by atoms with Crippen molar-refractivity contribution in [3.05, 3.63) is 65.0 Å². The first-order valence-electron chi connectivity index (χ1n) is 7.36. The third-order valence-electron chi connectivity index (χ3n) is 3.41. The van der Waals surface area contributed by atoms with Gasteiger partial charge in [0.2, 0.25) is 0 Å². The van der Waals surface area contributed by atoms with Gasteiger partial charge in [0.1, 0.15) is 12.4 Å². The van der Waals surface area contributed by atoms with E-state index in [1.54, 1.807) is 0 Å². The molecule has 2 N–H and O–H groups in total. The zero-order valence-corrected chi connectivity index (χ0v) is 13.1. The van der Waals surface area contributed by atoms with Crippen LogP contribution in [0.25, 0.3) is 10.1 Å². The Kier molecular flexibility index (Phi) is 5.06. The smallest absolute Gasteiger partial charge is 0.123 e. The van der Waals surface area contributed by atoms with Crippen molar-refractivity contribution >= 4 is 21.4 Å². The average Bonchev–Trinajstić information content (AvgIpc) is 2.96. The number of thiophene rings is 1. The molecule has 3 aromatic rings. The molecule has 3 nitrogen and oxygen atoms in total. The Morgan fingerprint density at radius 3 is 2.68 bits per heavy atom. The highest BCUT2D eigenvalue weighted by Gasteiger charge is 2.04. The molecule has 0 saturated heterocycles. The lowest BCUT2D eigenvalue weighted by Crippen LogP contribution is -2.13. The predicted molar refractivity (Wildman–Crippen MR) is 91.4 cm³/mol. The molecule has 0 radical (unpaired) electrons. The van der Waals surface area contributed by atoms with Gasteiger partial charge in [-0.3, -0.25) is 0 Å². The van der Waals surface area contributed by atoms with Crippen molar-refractivity contribution in [3.8, 4) is 5.75 Å². The third kappa shape index (κ3) is 3.65. The maximum absolute atomic E-state index is 8.87. The molecule has 0 bridgehead atoms. The van der Waals surface area contributed by atoms with E-state index in [1.807, 2.05) is 35.6 Å². The minimum absolute atomic E-state index is 0.0313. The number of para-hydroxylation sites is 1. The Balaban J connectivity index is 1.60. The summed E-state index contributed by atoms with van der Waals surface area (Å²) in [7, 11) is 0. The quantitative estimate of drug-likeness (QED) is 0.701. The normalized spacial score (nSPS) is 11.0. The fourth-order valence-corrected chi connectivity index (χ4v) is 3.42. The topological polar surface area (TPSA) is 41.5 Å². The monoisotopic (exact) mass is 313 g/mol. The van der Waals surface area contributed by atoms with Gasteiger partial charge in [-0.2, -0.15) is 0 Å². The summed E-state index contributed by atoms with van der Waals surface area (Å²) in [6, 6.07) is 18.6. The van der Waals surface area contributed by atoms with Gasteiger partial charge in [0.25, 0.3) is 0 Å². The van der Waals surface area contributed by atoms with Crippen molar-refractivity contribution in [1.82, 2.24) is 5.32 Å². The van der Waals surface area contributed by atoms with Gasteiger partial charge in [-0.15, -0.1) is 11.3 Å². The number of benzene rings is 2. The fourth-order valence-electron chi connectivity index (χ4n) is 2.39. The zero-order chi connectivity index (χ0) is 15.2. The zero-order valence-electron chi connectivity index (χ0n) is 12.3. The van der Waals surface area contributed by atoms with E-state index in [9.17, 15) is 0 Å². The Morgan fingerprint density at radius 2 is 1.82 bits per heavy atom. The van der Waals surface area contributed by atoms with Crippen LogP contribution in [-0.2, 0) is 13.1 Å². The molecule has 2 aromatic carbocycles. The third-order valence-corrected chi connectivity index (χ3v) is 4.53. The molecule has 22 heavy (non-hydrogen) atoms. The lowest BCUT2D eigenvalue weighted by molar-refractivity contribution is 0.200. The minimum Gasteiger partial charge on any atom is -0.491 e. The van der Waals surface area contributed by atoms with E-state index in [1.165, 1.54) is 15.0 Å². The molecular formula is C18H19NO2S. The number of fused-ring (bicyclic) bond motifs is 1. The number of rotatable bonds is 7. The lowest BCUT2D eigenvalue weighted by atomic mass is 10.2. The number of hydrogen-bond donors (Lipinski definition) is 2. The van der Waals surface area contributed by atoms with Crippen molar-refractivity contribution in [2.24, 2.45) is 0 Å². The van der Waals surface area contributed by atoms with Crippen LogP contribution in [0, 0.1) is 0 Å². The van der Waals surface area contributed by atoms with Gasteiger partial charge in [0, 0.05) is 28.2 Å². The highest BCUT2D eigenvalue weighted by molar-refractivity contribution is 7.19. The predicted octanol–water partition coefficient (Wildman–Crippen LogP) is 3.56. The summed E-state index contributed by atoms with van der Waals surface area (Å²) >= 11 is 1.82. The van der Waals surface area contributed by atoms with Gasteiger partial charge in [0.15, 0.2) is 0 Å². The van der Waals surface area contributed by atoms with Crippen LogP contribution in [0.1, 0.15) is 10.4 Å². The van der Waals surface area contributed by atoms with Crippen LogP contribution < -0.4 is 10.1 Å². The van der Waals surface area contributed by atoms with Crippen molar-refractivity contribution in [3.63, 3.8) is 0 Å². The van der Waals surface area contributed by atoms with Crippen LogP contribution >= 0.6 is 11.3 Å². The van der Waals surface area contributed by atoms with Crippen LogP contribution in [0.15, 0.2) is 54.6 Å². The van der Waals surface area contributed by atoms with Gasteiger partial charge in [-0.05, 0) is 23.6 Å². The van der Waals surface area contributed by atoms with Crippen molar-refractivity contribution in [2.75, 3.05) is 13.2 Å². The molecule has 0 amide bonds. The molecule has 0 unspecified atom stereocenters. The van der Waals surface area contributed by atoms with Gasteiger partial charge in [-0.25, -0.2) is 0 Å². The molecule has 0 aliphatic rings. The SMILES string of the molecule is OCCOc1ccccc1CNCc1cc2ccccc2s1. The molecule has 0 aliphatic heterocycles. The van der Waals surface area contributed by atoms with E-state index in [0.29, 0.717) is 6.61 Å². The van der Waals surface area contributed by atoms with Crippen LogP contribution in [0.5, 0.6) is 5.75 Å². The van der Waals surface area contributed by atoms with Gasteiger partial charge < -0.3 is 15.2 Å². The molecule has 0 aliphatic carbocycles. The summed E-state index contributed by atoms with van der Waals surface area (Å²) in [6.07, 6.45) is 0. The summed E-state index contributed by atoms with van der Waals surface area (Å²) < 4.78 is 6.87. The van der Waals surface area contributed by atoms with Crippen molar-refractivity contribution in [2.45, 2.75) is 13.1 Å². The van der Waals surface area contributed by atoms with E-state index >= 15 is 0 Å². The van der Waals surface area contributed by atoms with Crippen molar-refractivity contribution < 1.29 is 9.84 Å². The van der Waals surface area contributed by atoms with E-state index in [2.05, 4.69) is 35.6 Å². The van der Waals surface area contributed by atoms with Crippen LogP contribution in [-0.4, -0.2) is 18.3 Å². The second-order valence-electron chi connectivity index (χ2n) is 5.03. The maximum Gasteiger partial charge on any atom is 0.123 e. The molecule has 0 spiro atoms. The summed E-state index contributed by atoms with van der Waals surface area (Å²) in [4.78, 5) is 1.33. The Hall–Kier alpha value is -1.88. The van der Waals surface area contributed by atoms with Crippen LogP contribution in [0.2, 0.25) is 0 Å². The Morgan fingerprint density at radius 1 is 1.00 bits per heavy atom. The van der Waals surface area contributed by atoms with Crippen LogP contribution in [0.4, 0.5) is 0 Å². The molecule has 1 aromatic heterocycles. The van der Waals surface area contributed by atoms with E-state index in [4.69, 9.17) is 9.84 Å². The molecule has 1 heterocycles. The summed E-state index contributed by atoms with van der Waals surface area (Å²) in [5.41, 5.74) is 1.11. The number of nitrogens with one attached hydrogen (secondary N) is 1. The van der Waals surface area contributed by atoms with Gasteiger partial charge >= 0.3 is 0 Å². The maximum atomic E-state index is 8.87. The largest absolute Gasteiger partial charge is 0.491 e. The van der Waals surface area contributed by atoms with Gasteiger partial charge in [-0.1, -0.05) is 36.4 Å². The second kappa shape index (κ2) is 7.40. The molecule has 4 heteroatoms. The van der Waals surface area contributed by atoms with Crippen molar-refractivity contribution in [1.29, 1.82) is 0 Å².